The van der Waals surface area contributed by atoms with Crippen molar-refractivity contribution in [2.45, 2.75) is 149 Å². The average Bonchev–Trinajstić information content (AvgIpc) is 1.61. The molecule has 74 heteroatoms. The molecule has 0 spiro atoms. The standard InChI is InChI=1S/2C21H26F2N10O9P2S2.C21H27FN10O9P2S2/c2*1-37-43(35,45)39-4-10-11(23)14(20(41-10)33-7-29-13-17(33)30-21(25)31-18(13)34)42-44(36,46)38-3-8-2-9(22)19(40-8)32-6-28-12-15(24)26-5-27-16(12)32;1-36-42(34,44)38-6-12-13(22)15(20(40-12)31-8-27-14-17(31)29-21(24)30-19(14)33)41-43(35,45)37-5-9-2-3-11(39-9)10-4-25-18-16(23)26-7-28-32(10)18/h2*5-11,14,19-20H,2-4H2,1H3,(H,35,45)(H,36,46)(H2,24,26,27)(H3,25,30,31,34);4,7-9,11-13,15,20H,2-3,5-6H2,1H3,(H,34,44)(H,35,45)(H2,23,26,28)(H3,24,29,30,33)/t2*8-,9-,10+,11+,14+,19+,20+,43?,44?;9-,11+,12+,13+,15+,20+,42?,43?/m000/s1. The molecule has 0 radical (unpaired) electrons. The van der Waals surface area contributed by atoms with Crippen molar-refractivity contribution in [1.29, 1.82) is 0 Å². The van der Waals surface area contributed by atoms with Crippen LogP contribution in [0.15, 0.2) is 71.2 Å². The predicted molar refractivity (Wildman–Crippen MR) is 483 cm³/mol. The summed E-state index contributed by atoms with van der Waals surface area (Å²) in [5, 5.41) is 4.17. The van der Waals surface area contributed by atoms with Gasteiger partial charge >= 0.3 is 40.4 Å². The van der Waals surface area contributed by atoms with Gasteiger partial charge in [-0.1, -0.05) is 12.2 Å². The van der Waals surface area contributed by atoms with E-state index in [2.05, 4.69) is 102 Å². The molecule has 12 aromatic rings. The van der Waals surface area contributed by atoms with Gasteiger partial charge in [0.05, 0.1) is 101 Å². The molecular weight excluding hydrogens is 2080 g/mol. The van der Waals surface area contributed by atoms with Crippen molar-refractivity contribution in [3.63, 3.8) is 0 Å². The predicted octanol–water partition coefficient (Wildman–Crippen LogP) is 2.16. The number of nitrogens with zero attached hydrogens (tertiary/aromatic N) is 21. The Morgan fingerprint density at radius 1 is 0.416 bits per heavy atom. The van der Waals surface area contributed by atoms with E-state index in [0.29, 0.717) is 24.2 Å². The summed E-state index contributed by atoms with van der Waals surface area (Å²) >= 11 is 28.8. The van der Waals surface area contributed by atoms with Gasteiger partial charge in [0.2, 0.25) is 17.8 Å². The second kappa shape index (κ2) is 41.2. The number of nitrogens with one attached hydrogen (secondary N) is 3. The van der Waals surface area contributed by atoms with E-state index < -0.39 is 213 Å². The molecule has 6 fully saturated rings. The lowest BCUT2D eigenvalue weighted by molar-refractivity contribution is -0.0501. The summed E-state index contributed by atoms with van der Waals surface area (Å²) in [5.41, 5.74) is 34.0. The monoisotopic (exact) mass is 2160 g/mol. The van der Waals surface area contributed by atoms with Gasteiger partial charge < -0.3 is 123 Å². The molecule has 0 bridgehead atoms. The van der Waals surface area contributed by atoms with Crippen LogP contribution < -0.4 is 51.1 Å². The van der Waals surface area contributed by atoms with Gasteiger partial charge in [0, 0.05) is 34.2 Å². The van der Waals surface area contributed by atoms with Gasteiger partial charge in [0.1, 0.15) is 85.1 Å². The number of nitrogens with two attached hydrogens (primary N) is 6. The Labute approximate surface area is 792 Å². The van der Waals surface area contributed by atoms with Crippen molar-refractivity contribution in [2.75, 3.05) is 95.4 Å². The zero-order chi connectivity index (χ0) is 98.0. The Bertz CT molecular complexity index is 6720. The highest BCUT2D eigenvalue weighted by atomic mass is 32.7. The van der Waals surface area contributed by atoms with Crippen LogP contribution in [0.3, 0.4) is 0 Å². The molecule has 6 unspecified atom stereocenters. The summed E-state index contributed by atoms with van der Waals surface area (Å²) in [6.45, 7) is -26.8. The number of hydrogen-bond acceptors (Lipinski definition) is 48. The molecule has 0 saturated carbocycles. The third-order valence-electron chi connectivity index (χ3n) is 21.3. The Balaban J connectivity index is 0.000000149. The molecule has 744 valence electrons. The number of nitrogen functional groups attached to an aromatic ring is 6. The molecule has 26 atom stereocenters. The maximum atomic E-state index is 15.9. The second-order valence-electron chi connectivity index (χ2n) is 30.1. The SMILES string of the molecule is COP(O)(=S)OC[C@H]1O[C@@H](n2cnc3c(=O)[nH]c(N)nc32)[C@H](OP(=O)(S)OC[C@@H]2CC[C@H](c3cnc4c(N)ncnn34)O2)[C@@H]1F.COP(O)(=S)OC[C@H]1O[C@@H](n2cnc3c(=O)[nH]c(N)nc32)[C@H](OP(O)(=S)OC[C@@H]2C[C@H](F)[C@H](n3cnc4c(N)ncnc43)O2)[C@@H]1F.COP(O)(=S)OC[C@H]1O[C@@H](n2cnc3c(=O)[nH]c(N)nc32)[C@H](OP(O)(=S)OC[C@@H]2C[C@H](F)[C@H](n3cnc4c(N)ncnc43)O2)[C@@H]1F. The van der Waals surface area contributed by atoms with Crippen molar-refractivity contribution in [1.82, 2.24) is 117 Å². The summed E-state index contributed by atoms with van der Waals surface area (Å²) in [4.78, 5) is 152. The maximum absolute atomic E-state index is 15.9. The fourth-order valence-corrected chi connectivity index (χ4v) is 21.2. The number of ether oxygens (including phenoxy) is 6. The van der Waals surface area contributed by atoms with Gasteiger partial charge in [-0.2, -0.15) is 20.1 Å². The number of imidazole rings is 6. The van der Waals surface area contributed by atoms with Crippen LogP contribution in [0.5, 0.6) is 0 Å². The first-order chi connectivity index (χ1) is 64.9. The minimum absolute atomic E-state index is 0.0625. The number of aromatic nitrogens is 24. The number of hydrogen-bond donors (Lipinski definition) is 15. The highest BCUT2D eigenvalue weighted by Crippen LogP contribution is 2.59. The lowest BCUT2D eigenvalue weighted by Crippen LogP contribution is -2.32. The first-order valence-corrected chi connectivity index (χ1v) is 55.2. The number of anilines is 6. The van der Waals surface area contributed by atoms with Crippen LogP contribution in [0.2, 0.25) is 0 Å². The lowest BCUT2D eigenvalue weighted by atomic mass is 10.1. The summed E-state index contributed by atoms with van der Waals surface area (Å²) in [6, 6.07) is 0. The number of H-pyrrole nitrogens is 3. The van der Waals surface area contributed by atoms with Gasteiger partial charge in [-0.3, -0.25) is 70.3 Å². The van der Waals surface area contributed by atoms with Crippen molar-refractivity contribution < 1.29 is 134 Å². The van der Waals surface area contributed by atoms with E-state index in [0.717, 1.165) is 49.4 Å². The smallest absolute Gasteiger partial charge is 0.382 e. The van der Waals surface area contributed by atoms with Crippen LogP contribution in [0.1, 0.15) is 68.6 Å². The molecule has 0 aliphatic carbocycles. The molecule has 57 nitrogen and oxygen atoms in total. The van der Waals surface area contributed by atoms with E-state index in [1.807, 2.05) is 0 Å². The first-order valence-electron chi connectivity index (χ1n) is 39.6. The Morgan fingerprint density at radius 2 is 0.766 bits per heavy atom. The molecule has 12 aromatic heterocycles. The number of fused-ring (bicyclic) bond motifs is 6. The molecular formula is C63H79F5N30O27P6S6. The molecule has 18 rings (SSSR count). The quantitative estimate of drug-likeness (QED) is 0.0159. The number of rotatable bonds is 33. The highest BCUT2D eigenvalue weighted by Gasteiger charge is 2.55. The third-order valence-corrected chi connectivity index (χ3v) is 31.1. The van der Waals surface area contributed by atoms with Gasteiger partial charge in [0.15, 0.2) is 118 Å². The summed E-state index contributed by atoms with van der Waals surface area (Å²) in [6.07, 6.45) is -15.8. The number of halogens is 5. The van der Waals surface area contributed by atoms with Gasteiger partial charge in [0.25, 0.3) is 16.7 Å². The Morgan fingerprint density at radius 3 is 1.15 bits per heavy atom. The van der Waals surface area contributed by atoms with Crippen LogP contribution in [-0.2, 0) is 146 Å². The average molecular weight is 2160 g/mol. The molecule has 6 aliphatic heterocycles. The lowest BCUT2D eigenvalue weighted by Gasteiger charge is -2.26. The van der Waals surface area contributed by atoms with Crippen molar-refractivity contribution in [3.05, 3.63) is 93.6 Å². The van der Waals surface area contributed by atoms with Crippen LogP contribution in [0.4, 0.5) is 57.3 Å². The molecule has 6 aliphatic rings. The van der Waals surface area contributed by atoms with Crippen LogP contribution in [0.25, 0.3) is 61.5 Å². The maximum Gasteiger partial charge on any atom is 0.386 e. The molecule has 0 aromatic carbocycles. The van der Waals surface area contributed by atoms with Gasteiger partial charge in [-0.05, 0) is 71.9 Å². The minimum atomic E-state index is -4.30. The highest BCUT2D eigenvalue weighted by molar-refractivity contribution is 8.44. The third kappa shape index (κ3) is 22.5. The van der Waals surface area contributed by atoms with Crippen LogP contribution in [-0.4, -0.2) is 288 Å². The number of alkyl halides is 5. The van der Waals surface area contributed by atoms with E-state index in [1.165, 1.54) is 49.9 Å². The zero-order valence-electron chi connectivity index (χ0n) is 69.9. The summed E-state index contributed by atoms with van der Waals surface area (Å²) in [5.74, 6) is -0.322. The van der Waals surface area contributed by atoms with Crippen molar-refractivity contribution in [2.24, 2.45) is 0 Å². The largest absolute Gasteiger partial charge is 0.386 e. The van der Waals surface area contributed by atoms with Crippen molar-refractivity contribution >= 4 is 208 Å². The van der Waals surface area contributed by atoms with Crippen LogP contribution in [0, 0.1) is 0 Å². The molecule has 6 saturated heterocycles. The molecule has 20 N–H and O–H groups in total. The fourth-order valence-electron chi connectivity index (χ4n) is 15.0. The molecule has 137 heavy (non-hydrogen) atoms. The van der Waals surface area contributed by atoms with E-state index in [9.17, 15) is 43.4 Å². The van der Waals surface area contributed by atoms with Crippen molar-refractivity contribution in [3.8, 4) is 0 Å². The van der Waals surface area contributed by atoms with Gasteiger partial charge in [-0.25, -0.2) is 85.9 Å². The molecule has 0 amide bonds. The van der Waals surface area contributed by atoms with E-state index >= 15 is 22.0 Å². The number of thiol groups is 1. The number of aromatic amines is 3. The Hall–Kier alpha value is -7.94. The summed E-state index contributed by atoms with van der Waals surface area (Å²) in [7, 11) is 3.37. The minimum Gasteiger partial charge on any atom is -0.382 e. The zero-order valence-corrected chi connectivity index (χ0v) is 80.3. The van der Waals surface area contributed by atoms with Gasteiger partial charge in [-0.15, -0.1) is 0 Å². The topological polar surface area (TPSA) is 761 Å². The second-order valence-corrected chi connectivity index (χ2v) is 47.3. The Kier molecular flexibility index (Phi) is 30.7. The van der Waals surface area contributed by atoms with Crippen LogP contribution >= 0.6 is 52.6 Å². The van der Waals surface area contributed by atoms with E-state index in [1.54, 1.807) is 6.20 Å². The first kappa shape index (κ1) is 102. The van der Waals surface area contributed by atoms with E-state index in [-0.39, 0.29) is 111 Å². The summed E-state index contributed by atoms with van der Waals surface area (Å²) < 4.78 is 197. The fraction of sp³-hybridized carbons (Fsp3) is 0.524. The molecule has 18 heterocycles. The van der Waals surface area contributed by atoms with E-state index in [4.69, 9.17) is 176 Å². The normalized spacial score (nSPS) is 28.9.